The summed E-state index contributed by atoms with van der Waals surface area (Å²) in [6, 6.07) is 18.8. The molecule has 3 aromatic rings. The number of ether oxygens (including phenoxy) is 1. The second-order valence-electron chi connectivity index (χ2n) is 7.39. The molecule has 1 fully saturated rings. The predicted octanol–water partition coefficient (Wildman–Crippen LogP) is 3.83. The highest BCUT2D eigenvalue weighted by Crippen LogP contribution is 2.17. The molecule has 0 spiro atoms. The lowest BCUT2D eigenvalue weighted by molar-refractivity contribution is 0.0594. The van der Waals surface area contributed by atoms with Crippen LogP contribution in [0.4, 0.5) is 4.39 Å². The molecule has 0 radical (unpaired) electrons. The second-order valence-corrected chi connectivity index (χ2v) is 7.39. The fraction of sp³-hybridized carbons (Fsp3) is 0.250. The molecule has 1 aliphatic rings. The van der Waals surface area contributed by atoms with Crippen molar-refractivity contribution in [1.29, 1.82) is 5.26 Å². The van der Waals surface area contributed by atoms with Gasteiger partial charge >= 0.3 is 0 Å². The van der Waals surface area contributed by atoms with Gasteiger partial charge in [-0.1, -0.05) is 12.1 Å². The van der Waals surface area contributed by atoms with Crippen LogP contribution in [-0.2, 0) is 13.2 Å². The van der Waals surface area contributed by atoms with E-state index in [1.807, 2.05) is 24.3 Å². The maximum Gasteiger partial charge on any atom is 0.289 e. The maximum atomic E-state index is 13.0. The van der Waals surface area contributed by atoms with Gasteiger partial charge in [-0.15, -0.1) is 0 Å². The van der Waals surface area contributed by atoms with Crippen molar-refractivity contribution in [2.75, 3.05) is 26.2 Å². The Kier molecular flexibility index (Phi) is 6.29. The van der Waals surface area contributed by atoms with E-state index >= 15 is 0 Å². The molecule has 1 aromatic heterocycles. The van der Waals surface area contributed by atoms with Gasteiger partial charge in [0, 0.05) is 32.7 Å². The van der Waals surface area contributed by atoms with Crippen LogP contribution in [0.15, 0.2) is 65.1 Å². The zero-order valence-electron chi connectivity index (χ0n) is 17.0. The van der Waals surface area contributed by atoms with E-state index in [1.165, 1.54) is 12.1 Å². The number of hydrogen-bond donors (Lipinski definition) is 0. The van der Waals surface area contributed by atoms with Crippen molar-refractivity contribution in [2.24, 2.45) is 0 Å². The zero-order chi connectivity index (χ0) is 21.6. The molecule has 1 amide bonds. The van der Waals surface area contributed by atoms with Crippen molar-refractivity contribution < 1.29 is 18.3 Å². The van der Waals surface area contributed by atoms with E-state index in [0.29, 0.717) is 35.9 Å². The van der Waals surface area contributed by atoms with Crippen LogP contribution >= 0.6 is 0 Å². The Balaban J connectivity index is 1.26. The second kappa shape index (κ2) is 9.45. The molecule has 0 aliphatic carbocycles. The lowest BCUT2D eigenvalue weighted by Gasteiger charge is -2.34. The van der Waals surface area contributed by atoms with Gasteiger partial charge in [0.15, 0.2) is 5.76 Å². The zero-order valence-corrected chi connectivity index (χ0v) is 17.0. The van der Waals surface area contributed by atoms with Gasteiger partial charge in [-0.25, -0.2) is 4.39 Å². The molecule has 31 heavy (non-hydrogen) atoms. The van der Waals surface area contributed by atoms with Gasteiger partial charge in [0.25, 0.3) is 5.91 Å². The van der Waals surface area contributed by atoms with Crippen LogP contribution in [0.2, 0.25) is 0 Å². The van der Waals surface area contributed by atoms with Crippen LogP contribution in [0.3, 0.4) is 0 Å². The van der Waals surface area contributed by atoms with Gasteiger partial charge < -0.3 is 14.1 Å². The van der Waals surface area contributed by atoms with Gasteiger partial charge in [0.05, 0.1) is 11.6 Å². The van der Waals surface area contributed by atoms with E-state index in [9.17, 15) is 9.18 Å². The van der Waals surface area contributed by atoms with E-state index in [2.05, 4.69) is 11.0 Å². The van der Waals surface area contributed by atoms with Crippen molar-refractivity contribution in [1.82, 2.24) is 9.80 Å². The van der Waals surface area contributed by atoms with Crippen LogP contribution in [0.5, 0.6) is 5.75 Å². The highest BCUT2D eigenvalue weighted by atomic mass is 19.1. The van der Waals surface area contributed by atoms with Crippen molar-refractivity contribution in [3.63, 3.8) is 0 Å². The highest BCUT2D eigenvalue weighted by Gasteiger charge is 2.24. The predicted molar refractivity (Wildman–Crippen MR) is 112 cm³/mol. The number of carbonyl (C=O) groups excluding carboxylic acids is 1. The molecule has 1 saturated heterocycles. The minimum Gasteiger partial charge on any atom is -0.486 e. The number of rotatable bonds is 6. The van der Waals surface area contributed by atoms with Crippen molar-refractivity contribution >= 4 is 5.91 Å². The number of piperazine rings is 1. The summed E-state index contributed by atoms with van der Waals surface area (Å²) in [5.41, 5.74) is 1.80. The summed E-state index contributed by atoms with van der Waals surface area (Å²) in [5, 5.41) is 8.89. The molecule has 0 bridgehead atoms. The first-order chi connectivity index (χ1) is 15.1. The number of carbonyl (C=O) groups is 1. The summed E-state index contributed by atoms with van der Waals surface area (Å²) in [7, 11) is 0. The van der Waals surface area contributed by atoms with E-state index in [4.69, 9.17) is 14.4 Å². The summed E-state index contributed by atoms with van der Waals surface area (Å²) < 4.78 is 24.2. The molecule has 0 N–H and O–H groups in total. The molecule has 2 heterocycles. The first kappa shape index (κ1) is 20.6. The van der Waals surface area contributed by atoms with E-state index in [-0.39, 0.29) is 18.3 Å². The number of nitrogens with zero attached hydrogens (tertiary/aromatic N) is 3. The van der Waals surface area contributed by atoms with E-state index in [0.717, 1.165) is 25.2 Å². The molecular formula is C24H22FN3O3. The van der Waals surface area contributed by atoms with Crippen LogP contribution < -0.4 is 4.74 Å². The number of amides is 1. The first-order valence-electron chi connectivity index (χ1n) is 10.1. The van der Waals surface area contributed by atoms with Crippen LogP contribution in [0, 0.1) is 17.1 Å². The van der Waals surface area contributed by atoms with Gasteiger partial charge in [-0.05, 0) is 54.1 Å². The quantitative estimate of drug-likeness (QED) is 0.607. The Morgan fingerprint density at radius 3 is 2.39 bits per heavy atom. The molecule has 0 saturated carbocycles. The third-order valence-corrected chi connectivity index (χ3v) is 5.22. The minimum atomic E-state index is -0.324. The summed E-state index contributed by atoms with van der Waals surface area (Å²) >= 11 is 0. The normalized spacial score (nSPS) is 14.3. The first-order valence-corrected chi connectivity index (χ1v) is 10.1. The van der Waals surface area contributed by atoms with E-state index < -0.39 is 0 Å². The van der Waals surface area contributed by atoms with Crippen molar-refractivity contribution in [2.45, 2.75) is 13.2 Å². The number of halogens is 1. The molecule has 2 aromatic carbocycles. The fourth-order valence-corrected chi connectivity index (χ4v) is 3.46. The Morgan fingerprint density at radius 2 is 1.71 bits per heavy atom. The molecule has 4 rings (SSSR count). The molecule has 0 unspecified atom stereocenters. The monoisotopic (exact) mass is 419 g/mol. The van der Waals surface area contributed by atoms with Crippen LogP contribution in [0.1, 0.15) is 27.4 Å². The molecule has 0 atom stereocenters. The van der Waals surface area contributed by atoms with Gasteiger partial charge in [-0.2, -0.15) is 5.26 Å². The highest BCUT2D eigenvalue weighted by molar-refractivity contribution is 5.91. The molecule has 1 aliphatic heterocycles. The van der Waals surface area contributed by atoms with Gasteiger partial charge in [0.1, 0.15) is 23.9 Å². The molecule has 7 heteroatoms. The van der Waals surface area contributed by atoms with Crippen LogP contribution in [-0.4, -0.2) is 41.9 Å². The maximum absolute atomic E-state index is 13.0. The third-order valence-electron chi connectivity index (χ3n) is 5.22. The van der Waals surface area contributed by atoms with Gasteiger partial charge in [-0.3, -0.25) is 9.69 Å². The standard InChI is InChI=1S/C24H22FN3O3/c25-20-5-7-21(8-6-20)30-17-22-9-10-23(31-22)24(29)28-13-11-27(12-14-28)16-19-3-1-18(15-26)2-4-19/h1-10H,11-14,16-17H2. The summed E-state index contributed by atoms with van der Waals surface area (Å²) in [6.07, 6.45) is 0. The summed E-state index contributed by atoms with van der Waals surface area (Å²) in [6.45, 7) is 3.74. The Labute approximate surface area is 180 Å². The summed E-state index contributed by atoms with van der Waals surface area (Å²) in [4.78, 5) is 16.8. The number of furan rings is 1. The lowest BCUT2D eigenvalue weighted by atomic mass is 10.1. The Hall–Kier alpha value is -3.63. The SMILES string of the molecule is N#Cc1ccc(CN2CCN(C(=O)c3ccc(COc4ccc(F)cc4)o3)CC2)cc1. The minimum absolute atomic E-state index is 0.133. The topological polar surface area (TPSA) is 69.7 Å². The van der Waals surface area contributed by atoms with Crippen molar-refractivity contribution in [3.05, 3.63) is 89.1 Å². The van der Waals surface area contributed by atoms with Crippen molar-refractivity contribution in [3.8, 4) is 11.8 Å². The number of benzene rings is 2. The third kappa shape index (κ3) is 5.30. The summed E-state index contributed by atoms with van der Waals surface area (Å²) in [5.74, 6) is 0.899. The number of nitriles is 1. The smallest absolute Gasteiger partial charge is 0.289 e. The average molecular weight is 419 g/mol. The van der Waals surface area contributed by atoms with Crippen LogP contribution in [0.25, 0.3) is 0 Å². The van der Waals surface area contributed by atoms with E-state index in [1.54, 1.807) is 29.2 Å². The molecule has 6 nitrogen and oxygen atoms in total. The Bertz CT molecular complexity index is 1060. The Morgan fingerprint density at radius 1 is 1.00 bits per heavy atom. The van der Waals surface area contributed by atoms with Gasteiger partial charge in [0.2, 0.25) is 0 Å². The largest absolute Gasteiger partial charge is 0.486 e. The molecule has 158 valence electrons. The number of hydrogen-bond acceptors (Lipinski definition) is 5. The lowest BCUT2D eigenvalue weighted by Crippen LogP contribution is -2.48. The average Bonchev–Trinajstić information content (AvgIpc) is 3.28. The fourth-order valence-electron chi connectivity index (χ4n) is 3.46. The molecular weight excluding hydrogens is 397 g/mol.